The van der Waals surface area contributed by atoms with Crippen LogP contribution in [-0.4, -0.2) is 29.3 Å². The highest BCUT2D eigenvalue weighted by Crippen LogP contribution is 2.23. The third-order valence-corrected chi connectivity index (χ3v) is 3.15. The molecule has 2 N–H and O–H groups in total. The SMILES string of the molecule is CCNC(=O)CCSc1ccccc1C(=O)O. The zero-order valence-electron chi connectivity index (χ0n) is 9.60. The maximum absolute atomic E-state index is 11.2. The second-order valence-corrected chi connectivity index (χ2v) is 4.49. The molecule has 92 valence electrons. The molecule has 0 aromatic heterocycles. The number of benzene rings is 1. The van der Waals surface area contributed by atoms with Gasteiger partial charge in [-0.2, -0.15) is 0 Å². The lowest BCUT2D eigenvalue weighted by atomic mass is 10.2. The Labute approximate surface area is 104 Å². The molecule has 0 atom stereocenters. The summed E-state index contributed by atoms with van der Waals surface area (Å²) in [5.74, 6) is -0.366. The number of amides is 1. The van der Waals surface area contributed by atoms with E-state index in [1.165, 1.54) is 11.8 Å². The minimum atomic E-state index is -0.939. The molecular weight excluding hydrogens is 238 g/mol. The summed E-state index contributed by atoms with van der Waals surface area (Å²) in [6, 6.07) is 6.81. The van der Waals surface area contributed by atoms with E-state index in [1.807, 2.05) is 6.92 Å². The molecule has 1 aromatic carbocycles. The Morgan fingerprint density at radius 3 is 2.71 bits per heavy atom. The van der Waals surface area contributed by atoms with Crippen LogP contribution in [0.2, 0.25) is 0 Å². The molecular formula is C12H15NO3S. The molecule has 5 heteroatoms. The monoisotopic (exact) mass is 253 g/mol. The van der Waals surface area contributed by atoms with E-state index >= 15 is 0 Å². The summed E-state index contributed by atoms with van der Waals surface area (Å²) in [5.41, 5.74) is 0.286. The van der Waals surface area contributed by atoms with Crippen LogP contribution in [0.15, 0.2) is 29.2 Å². The van der Waals surface area contributed by atoms with Crippen molar-refractivity contribution in [2.24, 2.45) is 0 Å². The summed E-state index contributed by atoms with van der Waals surface area (Å²) < 4.78 is 0. The van der Waals surface area contributed by atoms with Crippen LogP contribution in [0.1, 0.15) is 23.7 Å². The number of carbonyl (C=O) groups excluding carboxylic acids is 1. The van der Waals surface area contributed by atoms with Gasteiger partial charge in [0.05, 0.1) is 5.56 Å². The van der Waals surface area contributed by atoms with E-state index in [9.17, 15) is 9.59 Å². The average molecular weight is 253 g/mol. The van der Waals surface area contributed by atoms with Crippen molar-refractivity contribution in [1.29, 1.82) is 0 Å². The van der Waals surface area contributed by atoms with Gasteiger partial charge in [0.15, 0.2) is 0 Å². The molecule has 0 saturated carbocycles. The van der Waals surface area contributed by atoms with Gasteiger partial charge in [-0.3, -0.25) is 4.79 Å². The molecule has 1 aromatic rings. The van der Waals surface area contributed by atoms with Gasteiger partial charge in [0, 0.05) is 23.6 Å². The van der Waals surface area contributed by atoms with Gasteiger partial charge in [0.1, 0.15) is 0 Å². The minimum absolute atomic E-state index is 0.00666. The first-order chi connectivity index (χ1) is 8.15. The lowest BCUT2D eigenvalue weighted by Gasteiger charge is -2.05. The van der Waals surface area contributed by atoms with Crippen LogP contribution >= 0.6 is 11.8 Å². The van der Waals surface area contributed by atoms with Crippen molar-refractivity contribution < 1.29 is 14.7 Å². The van der Waals surface area contributed by atoms with Gasteiger partial charge < -0.3 is 10.4 Å². The number of aromatic carboxylic acids is 1. The second-order valence-electron chi connectivity index (χ2n) is 3.35. The first kappa shape index (κ1) is 13.6. The van der Waals surface area contributed by atoms with E-state index in [1.54, 1.807) is 24.3 Å². The van der Waals surface area contributed by atoms with Crippen molar-refractivity contribution in [2.75, 3.05) is 12.3 Å². The maximum Gasteiger partial charge on any atom is 0.336 e. The normalized spacial score (nSPS) is 9.94. The largest absolute Gasteiger partial charge is 0.478 e. The number of carboxylic acids is 1. The van der Waals surface area contributed by atoms with Crippen molar-refractivity contribution in [1.82, 2.24) is 5.32 Å². The molecule has 0 spiro atoms. The van der Waals surface area contributed by atoms with Gasteiger partial charge in [-0.15, -0.1) is 11.8 Å². The smallest absolute Gasteiger partial charge is 0.336 e. The molecule has 0 fully saturated rings. The van der Waals surface area contributed by atoms with E-state index in [2.05, 4.69) is 5.32 Å². The van der Waals surface area contributed by atoms with Crippen LogP contribution in [0.3, 0.4) is 0 Å². The fourth-order valence-corrected chi connectivity index (χ4v) is 2.30. The maximum atomic E-state index is 11.2. The molecule has 0 radical (unpaired) electrons. The molecule has 0 unspecified atom stereocenters. The van der Waals surface area contributed by atoms with Crippen molar-refractivity contribution in [3.05, 3.63) is 29.8 Å². The molecule has 17 heavy (non-hydrogen) atoms. The van der Waals surface area contributed by atoms with Gasteiger partial charge in [0.25, 0.3) is 0 Å². The fraction of sp³-hybridized carbons (Fsp3) is 0.333. The molecule has 0 aliphatic carbocycles. The summed E-state index contributed by atoms with van der Waals surface area (Å²) in [4.78, 5) is 22.8. The van der Waals surface area contributed by atoms with Crippen LogP contribution in [0.4, 0.5) is 0 Å². The van der Waals surface area contributed by atoms with Crippen LogP contribution in [0.5, 0.6) is 0 Å². The van der Waals surface area contributed by atoms with Crippen molar-refractivity contribution in [3.63, 3.8) is 0 Å². The number of hydrogen-bond acceptors (Lipinski definition) is 3. The number of carbonyl (C=O) groups is 2. The summed E-state index contributed by atoms with van der Waals surface area (Å²) in [5, 5.41) is 11.7. The van der Waals surface area contributed by atoms with Crippen molar-refractivity contribution in [2.45, 2.75) is 18.2 Å². The number of carboxylic acid groups (broad SMARTS) is 1. The van der Waals surface area contributed by atoms with Gasteiger partial charge >= 0.3 is 5.97 Å². The first-order valence-corrected chi connectivity index (χ1v) is 6.35. The minimum Gasteiger partial charge on any atom is -0.478 e. The van der Waals surface area contributed by atoms with Gasteiger partial charge in [0.2, 0.25) is 5.91 Å². The van der Waals surface area contributed by atoms with Crippen LogP contribution in [-0.2, 0) is 4.79 Å². The Kier molecular flexibility index (Phi) is 5.56. The van der Waals surface area contributed by atoms with Gasteiger partial charge in [-0.05, 0) is 19.1 Å². The lowest BCUT2D eigenvalue weighted by molar-refractivity contribution is -0.120. The highest BCUT2D eigenvalue weighted by atomic mass is 32.2. The Bertz CT molecular complexity index is 406. The molecule has 0 aliphatic heterocycles. The van der Waals surface area contributed by atoms with E-state index in [-0.39, 0.29) is 11.5 Å². The zero-order valence-corrected chi connectivity index (χ0v) is 10.4. The number of rotatable bonds is 6. The standard InChI is InChI=1S/C12H15NO3S/c1-2-13-11(14)7-8-17-10-6-4-3-5-9(10)12(15)16/h3-6H,2,7-8H2,1H3,(H,13,14)(H,15,16). The van der Waals surface area contributed by atoms with Crippen molar-refractivity contribution in [3.8, 4) is 0 Å². The molecule has 0 bridgehead atoms. The summed E-state index contributed by atoms with van der Waals surface area (Å²) in [6.07, 6.45) is 0.395. The fourth-order valence-electron chi connectivity index (χ4n) is 1.31. The first-order valence-electron chi connectivity index (χ1n) is 5.37. The number of nitrogens with one attached hydrogen (secondary N) is 1. The predicted molar refractivity (Wildman–Crippen MR) is 67.4 cm³/mol. The molecule has 0 heterocycles. The Morgan fingerprint density at radius 2 is 2.06 bits per heavy atom. The second kappa shape index (κ2) is 6.96. The molecule has 0 saturated heterocycles. The summed E-state index contributed by atoms with van der Waals surface area (Å²) in [6.45, 7) is 2.49. The predicted octanol–water partition coefficient (Wildman–Crippen LogP) is 2.00. The highest BCUT2D eigenvalue weighted by molar-refractivity contribution is 7.99. The third-order valence-electron chi connectivity index (χ3n) is 2.08. The molecule has 0 aliphatic rings. The van der Waals surface area contributed by atoms with Crippen LogP contribution in [0.25, 0.3) is 0 Å². The third kappa shape index (κ3) is 4.48. The van der Waals surface area contributed by atoms with E-state index < -0.39 is 5.97 Å². The van der Waals surface area contributed by atoms with E-state index in [0.717, 1.165) is 0 Å². The average Bonchev–Trinajstić information content (AvgIpc) is 2.30. The lowest BCUT2D eigenvalue weighted by Crippen LogP contribution is -2.22. The Balaban J connectivity index is 2.52. The molecule has 1 rings (SSSR count). The van der Waals surface area contributed by atoms with Gasteiger partial charge in [-0.25, -0.2) is 4.79 Å². The molecule has 1 amide bonds. The van der Waals surface area contributed by atoms with Crippen molar-refractivity contribution >= 4 is 23.6 Å². The number of hydrogen-bond donors (Lipinski definition) is 2. The number of thioether (sulfide) groups is 1. The quantitative estimate of drug-likeness (QED) is 0.761. The Morgan fingerprint density at radius 1 is 1.35 bits per heavy atom. The van der Waals surface area contributed by atoms with E-state index in [0.29, 0.717) is 23.6 Å². The van der Waals surface area contributed by atoms with Crippen LogP contribution in [0, 0.1) is 0 Å². The highest BCUT2D eigenvalue weighted by Gasteiger charge is 2.09. The van der Waals surface area contributed by atoms with Crippen LogP contribution < -0.4 is 5.32 Å². The Hall–Kier alpha value is -1.49. The topological polar surface area (TPSA) is 66.4 Å². The summed E-state index contributed by atoms with van der Waals surface area (Å²) >= 11 is 1.39. The molecule has 4 nitrogen and oxygen atoms in total. The summed E-state index contributed by atoms with van der Waals surface area (Å²) in [7, 11) is 0. The zero-order chi connectivity index (χ0) is 12.7. The van der Waals surface area contributed by atoms with E-state index in [4.69, 9.17) is 5.11 Å². The van der Waals surface area contributed by atoms with Gasteiger partial charge in [-0.1, -0.05) is 12.1 Å².